The number of hydrazine groups is 1. The summed E-state index contributed by atoms with van der Waals surface area (Å²) < 4.78 is 39.4. The van der Waals surface area contributed by atoms with E-state index in [9.17, 15) is 18.7 Å². The van der Waals surface area contributed by atoms with Crippen molar-refractivity contribution < 1.29 is 27.8 Å². The van der Waals surface area contributed by atoms with Gasteiger partial charge in [0.05, 0.1) is 17.3 Å². The van der Waals surface area contributed by atoms with Crippen molar-refractivity contribution in [1.82, 2.24) is 10.9 Å². The second-order valence-corrected chi connectivity index (χ2v) is 14.0. The molecule has 1 heterocycles. The van der Waals surface area contributed by atoms with E-state index >= 15 is 0 Å². The van der Waals surface area contributed by atoms with Gasteiger partial charge in [0.1, 0.15) is 5.75 Å². The van der Waals surface area contributed by atoms with Crippen LogP contribution in [0.1, 0.15) is 41.2 Å². The van der Waals surface area contributed by atoms with E-state index < -0.39 is 33.1 Å². The van der Waals surface area contributed by atoms with Gasteiger partial charge in [-0.3, -0.25) is 10.2 Å². The van der Waals surface area contributed by atoms with Crippen LogP contribution in [0.3, 0.4) is 0 Å². The lowest BCUT2D eigenvalue weighted by atomic mass is 9.84. The van der Waals surface area contributed by atoms with Gasteiger partial charge in [0.15, 0.2) is 21.5 Å². The van der Waals surface area contributed by atoms with Crippen molar-refractivity contribution in [2.45, 2.75) is 48.3 Å². The van der Waals surface area contributed by atoms with Gasteiger partial charge in [-0.15, -0.1) is 0 Å². The SMILES string of the molecule is [N-]=[N+]=Nc1ccccc1[C@@H]1OC(c2ccc(OCCCO)cc2)=N[C@]1(CCS(=O)(=O)c1ccccc1)C(=O)NNC1Cc2ccccc2C1. The highest BCUT2D eigenvalue weighted by molar-refractivity contribution is 7.91. The number of carbonyl (C=O) groups is 1. The Morgan fingerprint density at radius 1 is 0.980 bits per heavy atom. The van der Waals surface area contributed by atoms with E-state index in [4.69, 9.17) is 19.6 Å². The number of nitrogens with zero attached hydrogens (tertiary/aromatic N) is 4. The van der Waals surface area contributed by atoms with Crippen LogP contribution >= 0.6 is 0 Å². The number of ether oxygens (including phenoxy) is 2. The third-order valence-corrected chi connectivity index (χ3v) is 10.4. The fourth-order valence-electron chi connectivity index (χ4n) is 6.17. The highest BCUT2D eigenvalue weighted by Crippen LogP contribution is 2.46. The number of hydrogen-bond acceptors (Lipinski definition) is 9. The molecule has 0 saturated carbocycles. The lowest BCUT2D eigenvalue weighted by Gasteiger charge is -2.31. The Balaban J connectivity index is 1.39. The molecule has 1 aliphatic carbocycles. The van der Waals surface area contributed by atoms with Gasteiger partial charge < -0.3 is 14.6 Å². The third kappa shape index (κ3) is 7.45. The summed E-state index contributed by atoms with van der Waals surface area (Å²) in [5.41, 5.74) is 17.1. The zero-order valence-electron chi connectivity index (χ0n) is 26.6. The van der Waals surface area contributed by atoms with Crippen molar-refractivity contribution in [3.8, 4) is 5.75 Å². The Morgan fingerprint density at radius 3 is 2.35 bits per heavy atom. The quantitative estimate of drug-likeness (QED) is 0.0533. The maximum absolute atomic E-state index is 14.6. The maximum atomic E-state index is 14.6. The summed E-state index contributed by atoms with van der Waals surface area (Å²) >= 11 is 0. The molecule has 2 aliphatic rings. The Labute approximate surface area is 284 Å². The van der Waals surface area contributed by atoms with Crippen LogP contribution in [0.4, 0.5) is 5.69 Å². The minimum atomic E-state index is -3.85. The molecule has 3 N–H and O–H groups in total. The van der Waals surface area contributed by atoms with E-state index in [2.05, 4.69) is 33.0 Å². The van der Waals surface area contributed by atoms with Crippen molar-refractivity contribution in [2.75, 3.05) is 19.0 Å². The largest absolute Gasteiger partial charge is 0.494 e. The molecule has 49 heavy (non-hydrogen) atoms. The molecular formula is C36H36N6O6S. The normalized spacial score (nSPS) is 18.6. The highest BCUT2D eigenvalue weighted by atomic mass is 32.2. The first-order chi connectivity index (χ1) is 23.8. The minimum absolute atomic E-state index is 0.00805. The summed E-state index contributed by atoms with van der Waals surface area (Å²) in [7, 11) is -3.85. The summed E-state index contributed by atoms with van der Waals surface area (Å²) in [6.45, 7) is 0.345. The van der Waals surface area contributed by atoms with Crippen LogP contribution in [0.15, 0.2) is 118 Å². The average Bonchev–Trinajstić information content (AvgIpc) is 3.73. The number of benzene rings is 4. The molecule has 0 aromatic heterocycles. The zero-order chi connectivity index (χ0) is 34.3. The lowest BCUT2D eigenvalue weighted by Crippen LogP contribution is -2.55. The van der Waals surface area contributed by atoms with Gasteiger partial charge in [0, 0.05) is 47.2 Å². The number of hydrogen-bond donors (Lipinski definition) is 3. The predicted molar refractivity (Wildman–Crippen MR) is 184 cm³/mol. The molecule has 0 radical (unpaired) electrons. The second-order valence-electron chi connectivity index (χ2n) is 11.9. The highest BCUT2D eigenvalue weighted by Gasteiger charge is 2.54. The topological polar surface area (TPSA) is 175 Å². The molecule has 4 aromatic rings. The summed E-state index contributed by atoms with van der Waals surface area (Å²) in [5, 5.41) is 12.9. The monoisotopic (exact) mass is 680 g/mol. The van der Waals surface area contributed by atoms with Crippen LogP contribution in [-0.4, -0.2) is 55.9 Å². The minimum Gasteiger partial charge on any atom is -0.494 e. The third-order valence-electron chi connectivity index (χ3n) is 8.70. The Bertz CT molecular complexity index is 1960. The number of rotatable bonds is 14. The molecule has 0 spiro atoms. The fourth-order valence-corrected chi connectivity index (χ4v) is 7.56. The van der Waals surface area contributed by atoms with Crippen molar-refractivity contribution in [2.24, 2.45) is 10.1 Å². The standard InChI is InChI=1S/C36H36N6O6S/c37-42-40-32-14-7-6-13-31(32)33-36(19-22-49(45,46)30-11-2-1-3-12-30,35(44)41-39-28-23-26-9-4-5-10-27(26)24-28)38-34(48-33)25-15-17-29(18-16-25)47-21-8-20-43/h1-7,9-18,28,33,39,43H,8,19-24H2,(H,41,44)/t33-,36-/m0/s1. The predicted octanol–water partition coefficient (Wildman–Crippen LogP) is 5.30. The molecule has 252 valence electrons. The Morgan fingerprint density at radius 2 is 1.65 bits per heavy atom. The maximum Gasteiger partial charge on any atom is 0.266 e. The summed E-state index contributed by atoms with van der Waals surface area (Å²) in [6.07, 6.45) is 0.482. The number of nitrogens with one attached hydrogen (secondary N) is 2. The number of sulfone groups is 1. The number of aliphatic hydroxyl groups excluding tert-OH is 1. The van der Waals surface area contributed by atoms with Crippen LogP contribution in [-0.2, 0) is 32.2 Å². The van der Waals surface area contributed by atoms with Crippen molar-refractivity contribution in [1.29, 1.82) is 0 Å². The molecule has 0 saturated heterocycles. The first-order valence-electron chi connectivity index (χ1n) is 16.0. The van der Waals surface area contributed by atoms with Gasteiger partial charge in [-0.1, -0.05) is 71.8 Å². The van der Waals surface area contributed by atoms with Gasteiger partial charge in [-0.25, -0.2) is 18.8 Å². The Kier molecular flexibility index (Phi) is 10.3. The number of aliphatic imine (C=N–C) groups is 1. The van der Waals surface area contributed by atoms with Crippen LogP contribution in [0, 0.1) is 0 Å². The van der Waals surface area contributed by atoms with Crippen LogP contribution in [0.25, 0.3) is 10.4 Å². The second kappa shape index (κ2) is 14.9. The molecule has 12 nitrogen and oxygen atoms in total. The van der Waals surface area contributed by atoms with Crippen molar-refractivity contribution in [3.63, 3.8) is 0 Å². The van der Waals surface area contributed by atoms with Gasteiger partial charge in [-0.2, -0.15) is 0 Å². The molecule has 0 bridgehead atoms. The molecule has 2 atom stereocenters. The number of aliphatic hydroxyl groups is 1. The summed E-state index contributed by atoms with van der Waals surface area (Å²) in [6, 6.07) is 29.6. The van der Waals surface area contributed by atoms with Crippen LogP contribution in [0.2, 0.25) is 0 Å². The smallest absolute Gasteiger partial charge is 0.266 e. The van der Waals surface area contributed by atoms with Gasteiger partial charge >= 0.3 is 0 Å². The Hall–Kier alpha value is -5.20. The van der Waals surface area contributed by atoms with E-state index in [1.165, 1.54) is 23.3 Å². The molecule has 1 aliphatic heterocycles. The molecular weight excluding hydrogens is 644 g/mol. The number of amides is 1. The molecule has 6 rings (SSSR count). The van der Waals surface area contributed by atoms with E-state index in [0.717, 1.165) is 0 Å². The first-order valence-corrected chi connectivity index (χ1v) is 17.6. The molecule has 4 aromatic carbocycles. The molecule has 13 heteroatoms. The van der Waals surface area contributed by atoms with E-state index in [-0.39, 0.29) is 35.6 Å². The van der Waals surface area contributed by atoms with Crippen LogP contribution < -0.4 is 15.6 Å². The number of azide groups is 1. The zero-order valence-corrected chi connectivity index (χ0v) is 27.4. The van der Waals surface area contributed by atoms with Gasteiger partial charge in [0.25, 0.3) is 5.91 Å². The fraction of sp³-hybridized carbons (Fsp3) is 0.278. The van der Waals surface area contributed by atoms with Crippen molar-refractivity contribution >= 4 is 27.3 Å². The average molecular weight is 681 g/mol. The van der Waals surface area contributed by atoms with Crippen molar-refractivity contribution in [3.05, 3.63) is 136 Å². The summed E-state index contributed by atoms with van der Waals surface area (Å²) in [5.74, 6) is -0.326. The molecule has 0 unspecified atom stereocenters. The van der Waals surface area contributed by atoms with E-state index in [1.807, 2.05) is 12.1 Å². The van der Waals surface area contributed by atoms with E-state index in [1.54, 1.807) is 66.7 Å². The van der Waals surface area contributed by atoms with Crippen LogP contribution in [0.5, 0.6) is 5.75 Å². The first kappa shape index (κ1) is 33.7. The van der Waals surface area contributed by atoms with Gasteiger partial charge in [0.2, 0.25) is 5.90 Å². The molecule has 1 amide bonds. The summed E-state index contributed by atoms with van der Waals surface area (Å²) in [4.78, 5) is 22.6. The number of carbonyl (C=O) groups excluding carboxylic acids is 1. The lowest BCUT2D eigenvalue weighted by molar-refractivity contribution is -0.130. The molecule has 0 fully saturated rings. The van der Waals surface area contributed by atoms with E-state index in [0.29, 0.717) is 42.7 Å². The van der Waals surface area contributed by atoms with Gasteiger partial charge in [-0.05, 0) is 65.9 Å². The number of fused-ring (bicyclic) bond motifs is 1.